The van der Waals surface area contributed by atoms with Crippen molar-refractivity contribution >= 4 is 17.5 Å². The lowest BCUT2D eigenvalue weighted by Gasteiger charge is -2.37. The highest BCUT2D eigenvalue weighted by molar-refractivity contribution is 6.30. The van der Waals surface area contributed by atoms with E-state index in [-0.39, 0.29) is 18.6 Å². The molecule has 2 unspecified atom stereocenters. The van der Waals surface area contributed by atoms with Gasteiger partial charge in [0, 0.05) is 17.6 Å². The quantitative estimate of drug-likeness (QED) is 0.927. The van der Waals surface area contributed by atoms with Gasteiger partial charge in [-0.25, -0.2) is 0 Å². The van der Waals surface area contributed by atoms with E-state index in [1.165, 1.54) is 0 Å². The minimum absolute atomic E-state index is 0.00984. The predicted molar refractivity (Wildman–Crippen MR) is 79.9 cm³/mol. The van der Waals surface area contributed by atoms with Crippen molar-refractivity contribution in [2.24, 2.45) is 11.7 Å². The van der Waals surface area contributed by atoms with Crippen molar-refractivity contribution in [2.45, 2.75) is 25.8 Å². The largest absolute Gasteiger partial charge is 0.484 e. The Kier molecular flexibility index (Phi) is 5.26. The number of carbonyl (C=O) groups excluding carboxylic acids is 1. The van der Waals surface area contributed by atoms with E-state index in [4.69, 9.17) is 22.1 Å². The van der Waals surface area contributed by atoms with Crippen LogP contribution in [0.2, 0.25) is 5.02 Å². The van der Waals surface area contributed by atoms with Crippen LogP contribution in [-0.2, 0) is 4.79 Å². The van der Waals surface area contributed by atoms with Crippen molar-refractivity contribution in [2.75, 3.05) is 19.7 Å². The van der Waals surface area contributed by atoms with E-state index in [9.17, 15) is 4.79 Å². The molecule has 4 nitrogen and oxygen atoms in total. The van der Waals surface area contributed by atoms with E-state index in [0.717, 1.165) is 19.4 Å². The summed E-state index contributed by atoms with van der Waals surface area (Å²) in [4.78, 5) is 14.1. The number of carbonyl (C=O) groups is 1. The molecule has 0 aliphatic carbocycles. The van der Waals surface area contributed by atoms with Crippen molar-refractivity contribution < 1.29 is 9.53 Å². The van der Waals surface area contributed by atoms with Gasteiger partial charge in [-0.1, -0.05) is 17.7 Å². The maximum atomic E-state index is 12.3. The van der Waals surface area contributed by atoms with Gasteiger partial charge in [-0.2, -0.15) is 0 Å². The predicted octanol–water partition coefficient (Wildman–Crippen LogP) is 2.30. The van der Waals surface area contributed by atoms with Gasteiger partial charge in [-0.3, -0.25) is 4.79 Å². The van der Waals surface area contributed by atoms with Crippen LogP contribution in [0.4, 0.5) is 0 Å². The SMILES string of the molecule is CC1CCC(CN)CN1C(=O)COc1cccc(Cl)c1. The summed E-state index contributed by atoms with van der Waals surface area (Å²) >= 11 is 5.88. The second kappa shape index (κ2) is 6.95. The molecule has 0 bridgehead atoms. The molecule has 20 heavy (non-hydrogen) atoms. The number of hydrogen-bond donors (Lipinski definition) is 1. The van der Waals surface area contributed by atoms with E-state index in [1.807, 2.05) is 4.90 Å². The molecular formula is C15H21ClN2O2. The zero-order valence-corrected chi connectivity index (χ0v) is 12.5. The number of halogens is 1. The van der Waals surface area contributed by atoms with Crippen molar-refractivity contribution in [3.05, 3.63) is 29.3 Å². The van der Waals surface area contributed by atoms with Gasteiger partial charge in [0.2, 0.25) is 0 Å². The molecule has 1 aromatic rings. The van der Waals surface area contributed by atoms with Crippen LogP contribution in [0, 0.1) is 5.92 Å². The number of benzene rings is 1. The van der Waals surface area contributed by atoms with Crippen LogP contribution < -0.4 is 10.5 Å². The summed E-state index contributed by atoms with van der Waals surface area (Å²) < 4.78 is 5.51. The first kappa shape index (κ1) is 15.1. The number of ether oxygens (including phenoxy) is 1. The molecule has 1 saturated heterocycles. The number of likely N-dealkylation sites (tertiary alicyclic amines) is 1. The summed E-state index contributed by atoms with van der Waals surface area (Å²) in [6.45, 7) is 3.48. The van der Waals surface area contributed by atoms with Crippen LogP contribution in [0.5, 0.6) is 5.75 Å². The molecule has 1 amide bonds. The highest BCUT2D eigenvalue weighted by atomic mass is 35.5. The van der Waals surface area contributed by atoms with Gasteiger partial charge < -0.3 is 15.4 Å². The van der Waals surface area contributed by atoms with Crippen LogP contribution >= 0.6 is 11.6 Å². The molecular weight excluding hydrogens is 276 g/mol. The van der Waals surface area contributed by atoms with Crippen LogP contribution in [0.25, 0.3) is 0 Å². The number of nitrogens with zero attached hydrogens (tertiary/aromatic N) is 1. The maximum Gasteiger partial charge on any atom is 0.260 e. The lowest BCUT2D eigenvalue weighted by atomic mass is 9.93. The first-order chi connectivity index (χ1) is 9.60. The zero-order chi connectivity index (χ0) is 14.5. The fourth-order valence-corrected chi connectivity index (χ4v) is 2.69. The van der Waals surface area contributed by atoms with E-state index < -0.39 is 0 Å². The van der Waals surface area contributed by atoms with Gasteiger partial charge in [0.15, 0.2) is 6.61 Å². The Bertz CT molecular complexity index is 467. The van der Waals surface area contributed by atoms with Gasteiger partial charge in [0.25, 0.3) is 5.91 Å². The number of amides is 1. The number of rotatable bonds is 4. The average Bonchev–Trinajstić information content (AvgIpc) is 2.45. The van der Waals surface area contributed by atoms with Crippen LogP contribution in [0.3, 0.4) is 0 Å². The Morgan fingerprint density at radius 2 is 2.30 bits per heavy atom. The standard InChI is InChI=1S/C15H21ClN2O2/c1-11-5-6-12(8-17)9-18(11)15(19)10-20-14-4-2-3-13(16)7-14/h2-4,7,11-12H,5-6,8-10,17H2,1H3. The summed E-state index contributed by atoms with van der Waals surface area (Å²) in [7, 11) is 0. The Balaban J connectivity index is 1.90. The van der Waals surface area contributed by atoms with Gasteiger partial charge in [-0.05, 0) is 50.4 Å². The molecule has 1 fully saturated rings. The molecule has 1 aromatic carbocycles. The van der Waals surface area contributed by atoms with E-state index >= 15 is 0 Å². The van der Waals surface area contributed by atoms with Crippen LogP contribution in [0.1, 0.15) is 19.8 Å². The molecule has 5 heteroatoms. The molecule has 1 heterocycles. The molecule has 0 spiro atoms. The summed E-state index contributed by atoms with van der Waals surface area (Å²) in [5.74, 6) is 1.03. The number of nitrogens with two attached hydrogens (primary N) is 1. The van der Waals surface area contributed by atoms with Crippen LogP contribution in [-0.4, -0.2) is 36.5 Å². The summed E-state index contributed by atoms with van der Waals surface area (Å²) in [5, 5.41) is 0.601. The van der Waals surface area contributed by atoms with Gasteiger partial charge >= 0.3 is 0 Å². The lowest BCUT2D eigenvalue weighted by Crippen LogP contribution is -2.48. The topological polar surface area (TPSA) is 55.6 Å². The second-order valence-corrected chi connectivity index (χ2v) is 5.76. The smallest absolute Gasteiger partial charge is 0.260 e. The molecule has 2 N–H and O–H groups in total. The Morgan fingerprint density at radius 3 is 3.00 bits per heavy atom. The average molecular weight is 297 g/mol. The molecule has 2 rings (SSSR count). The highest BCUT2D eigenvalue weighted by Gasteiger charge is 2.28. The molecule has 0 saturated carbocycles. The number of hydrogen-bond acceptors (Lipinski definition) is 3. The third kappa shape index (κ3) is 3.87. The molecule has 110 valence electrons. The maximum absolute atomic E-state index is 12.3. The Morgan fingerprint density at radius 1 is 1.50 bits per heavy atom. The summed E-state index contributed by atoms with van der Waals surface area (Å²) in [6.07, 6.45) is 2.10. The van der Waals surface area contributed by atoms with Gasteiger partial charge in [-0.15, -0.1) is 0 Å². The third-order valence-corrected chi connectivity index (χ3v) is 4.03. The molecule has 1 aliphatic heterocycles. The Labute approximate surface area is 124 Å². The van der Waals surface area contributed by atoms with Crippen molar-refractivity contribution in [1.82, 2.24) is 4.90 Å². The van der Waals surface area contributed by atoms with Crippen molar-refractivity contribution in [3.8, 4) is 5.75 Å². The monoisotopic (exact) mass is 296 g/mol. The molecule has 0 aromatic heterocycles. The van der Waals surface area contributed by atoms with E-state index in [0.29, 0.717) is 23.2 Å². The summed E-state index contributed by atoms with van der Waals surface area (Å²) in [5.41, 5.74) is 5.71. The first-order valence-electron chi connectivity index (χ1n) is 6.98. The fourth-order valence-electron chi connectivity index (χ4n) is 2.51. The molecule has 2 atom stereocenters. The van der Waals surface area contributed by atoms with Crippen molar-refractivity contribution in [1.29, 1.82) is 0 Å². The fraction of sp³-hybridized carbons (Fsp3) is 0.533. The minimum Gasteiger partial charge on any atom is -0.484 e. The normalized spacial score (nSPS) is 22.6. The Hall–Kier alpha value is -1.26. The van der Waals surface area contributed by atoms with Crippen molar-refractivity contribution in [3.63, 3.8) is 0 Å². The zero-order valence-electron chi connectivity index (χ0n) is 11.7. The second-order valence-electron chi connectivity index (χ2n) is 5.32. The van der Waals surface area contributed by atoms with Gasteiger partial charge in [0.1, 0.15) is 5.75 Å². The third-order valence-electron chi connectivity index (χ3n) is 3.79. The molecule has 0 radical (unpaired) electrons. The number of piperidine rings is 1. The van der Waals surface area contributed by atoms with Gasteiger partial charge in [0.05, 0.1) is 0 Å². The molecule has 1 aliphatic rings. The minimum atomic E-state index is 0.00984. The lowest BCUT2D eigenvalue weighted by molar-refractivity contribution is -0.137. The van der Waals surface area contributed by atoms with E-state index in [1.54, 1.807) is 24.3 Å². The van der Waals surface area contributed by atoms with Crippen LogP contribution in [0.15, 0.2) is 24.3 Å². The first-order valence-corrected chi connectivity index (χ1v) is 7.36. The highest BCUT2D eigenvalue weighted by Crippen LogP contribution is 2.22. The summed E-state index contributed by atoms with van der Waals surface area (Å²) in [6, 6.07) is 7.33. The van der Waals surface area contributed by atoms with E-state index in [2.05, 4.69) is 6.92 Å².